The van der Waals surface area contributed by atoms with E-state index in [0.29, 0.717) is 6.54 Å². The number of carbonyl (C=O) groups excluding carboxylic acids is 2. The minimum Gasteiger partial charge on any atom is -0.465 e. The lowest BCUT2D eigenvalue weighted by Crippen LogP contribution is -2.28. The average molecular weight is 256 g/mol. The molecule has 1 N–H and O–H groups in total. The summed E-state index contributed by atoms with van der Waals surface area (Å²) in [6.45, 7) is 4.86. The van der Waals surface area contributed by atoms with Crippen LogP contribution in [0.3, 0.4) is 0 Å². The molecule has 18 heavy (non-hydrogen) atoms. The van der Waals surface area contributed by atoms with Gasteiger partial charge < -0.3 is 14.8 Å². The zero-order valence-corrected chi connectivity index (χ0v) is 10.9. The van der Waals surface area contributed by atoms with Crippen molar-refractivity contribution in [1.82, 2.24) is 4.90 Å². The van der Waals surface area contributed by atoms with Gasteiger partial charge in [0.2, 0.25) is 0 Å². The molecule has 1 heterocycles. The SMILES string of the molecule is CCCCCN1CC(C(=O)OCC)C(=NO)C1=O. The highest BCUT2D eigenvalue weighted by atomic mass is 16.5. The van der Waals surface area contributed by atoms with Gasteiger partial charge in [0.05, 0.1) is 6.61 Å². The fraction of sp³-hybridized carbons (Fsp3) is 0.750. The lowest BCUT2D eigenvalue weighted by atomic mass is 10.1. The standard InChI is InChI=1S/C12H20N2O4/c1-3-5-6-7-14-8-9(12(16)18-4-2)10(13-17)11(14)15/h9,17H,3-8H2,1-2H3. The summed E-state index contributed by atoms with van der Waals surface area (Å²) in [6, 6.07) is 0. The van der Waals surface area contributed by atoms with Gasteiger partial charge in [0.15, 0.2) is 5.71 Å². The number of ether oxygens (including phenoxy) is 1. The van der Waals surface area contributed by atoms with Crippen molar-refractivity contribution in [1.29, 1.82) is 0 Å². The number of likely N-dealkylation sites (tertiary alicyclic amines) is 1. The number of unbranched alkanes of at least 4 members (excludes halogenated alkanes) is 2. The fourth-order valence-electron chi connectivity index (χ4n) is 1.99. The second kappa shape index (κ2) is 6.98. The Bertz CT molecular complexity index is 341. The van der Waals surface area contributed by atoms with E-state index in [1.165, 1.54) is 0 Å². The van der Waals surface area contributed by atoms with Gasteiger partial charge in [-0.1, -0.05) is 24.9 Å². The molecule has 0 spiro atoms. The van der Waals surface area contributed by atoms with E-state index in [9.17, 15) is 9.59 Å². The Hall–Kier alpha value is -1.59. The van der Waals surface area contributed by atoms with Crippen molar-refractivity contribution < 1.29 is 19.5 Å². The monoisotopic (exact) mass is 256 g/mol. The van der Waals surface area contributed by atoms with Gasteiger partial charge in [-0.15, -0.1) is 0 Å². The van der Waals surface area contributed by atoms with Crippen LogP contribution in [0.5, 0.6) is 0 Å². The minimum atomic E-state index is -0.760. The summed E-state index contributed by atoms with van der Waals surface area (Å²) in [4.78, 5) is 25.1. The molecule has 102 valence electrons. The summed E-state index contributed by atoms with van der Waals surface area (Å²) in [5, 5.41) is 11.8. The van der Waals surface area contributed by atoms with E-state index < -0.39 is 11.9 Å². The quantitative estimate of drug-likeness (QED) is 0.333. The van der Waals surface area contributed by atoms with E-state index >= 15 is 0 Å². The van der Waals surface area contributed by atoms with E-state index in [2.05, 4.69) is 12.1 Å². The molecule has 6 nitrogen and oxygen atoms in total. The number of hydrogen-bond acceptors (Lipinski definition) is 5. The molecule has 1 rings (SSSR count). The van der Waals surface area contributed by atoms with Gasteiger partial charge in [0.1, 0.15) is 5.92 Å². The maximum absolute atomic E-state index is 11.9. The molecule has 0 aromatic carbocycles. The Kier molecular flexibility index (Phi) is 5.61. The van der Waals surface area contributed by atoms with Crippen LogP contribution < -0.4 is 0 Å². The zero-order valence-electron chi connectivity index (χ0n) is 10.9. The van der Waals surface area contributed by atoms with Crippen molar-refractivity contribution in [3.8, 4) is 0 Å². The lowest BCUT2D eigenvalue weighted by molar-refractivity contribution is -0.145. The van der Waals surface area contributed by atoms with Gasteiger partial charge in [-0.05, 0) is 13.3 Å². The number of amides is 1. The Morgan fingerprint density at radius 2 is 2.22 bits per heavy atom. The molecule has 1 fully saturated rings. The van der Waals surface area contributed by atoms with Crippen LogP contribution in [-0.4, -0.2) is 47.4 Å². The van der Waals surface area contributed by atoms with Crippen molar-refractivity contribution >= 4 is 17.6 Å². The Morgan fingerprint density at radius 3 is 2.78 bits per heavy atom. The normalized spacial score (nSPS) is 21.7. The van der Waals surface area contributed by atoms with Crippen LogP contribution in [0.15, 0.2) is 5.16 Å². The number of rotatable bonds is 6. The molecule has 0 aromatic rings. The number of carbonyl (C=O) groups is 2. The number of hydrogen-bond donors (Lipinski definition) is 1. The van der Waals surface area contributed by atoms with Crippen LogP contribution in [-0.2, 0) is 14.3 Å². The molecule has 1 amide bonds. The van der Waals surface area contributed by atoms with Gasteiger partial charge in [-0.3, -0.25) is 9.59 Å². The number of oxime groups is 1. The first kappa shape index (κ1) is 14.5. The van der Waals surface area contributed by atoms with E-state index in [0.717, 1.165) is 19.3 Å². The summed E-state index contributed by atoms with van der Waals surface area (Å²) in [5.74, 6) is -1.63. The van der Waals surface area contributed by atoms with Crippen LogP contribution >= 0.6 is 0 Å². The van der Waals surface area contributed by atoms with Crippen molar-refractivity contribution in [3.05, 3.63) is 0 Å². The van der Waals surface area contributed by atoms with E-state index in [1.807, 2.05) is 0 Å². The first-order valence-corrected chi connectivity index (χ1v) is 6.33. The predicted octanol–water partition coefficient (Wildman–Crippen LogP) is 1.03. The summed E-state index contributed by atoms with van der Waals surface area (Å²) in [7, 11) is 0. The van der Waals surface area contributed by atoms with Crippen molar-refractivity contribution in [3.63, 3.8) is 0 Å². The first-order chi connectivity index (χ1) is 8.65. The van der Waals surface area contributed by atoms with Gasteiger partial charge in [-0.2, -0.15) is 0 Å². The highest BCUT2D eigenvalue weighted by Gasteiger charge is 2.42. The van der Waals surface area contributed by atoms with Crippen LogP contribution in [0.1, 0.15) is 33.1 Å². The molecule has 0 radical (unpaired) electrons. The van der Waals surface area contributed by atoms with Crippen LogP contribution in [0.2, 0.25) is 0 Å². The maximum atomic E-state index is 11.9. The number of esters is 1. The van der Waals surface area contributed by atoms with Crippen molar-refractivity contribution in [2.45, 2.75) is 33.1 Å². The van der Waals surface area contributed by atoms with Crippen LogP contribution in [0, 0.1) is 5.92 Å². The highest BCUT2D eigenvalue weighted by molar-refractivity contribution is 6.44. The topological polar surface area (TPSA) is 79.2 Å². The second-order valence-corrected chi connectivity index (χ2v) is 4.25. The molecular weight excluding hydrogens is 236 g/mol. The summed E-state index contributed by atoms with van der Waals surface area (Å²) < 4.78 is 4.87. The van der Waals surface area contributed by atoms with Crippen LogP contribution in [0.25, 0.3) is 0 Å². The average Bonchev–Trinajstić information content (AvgIpc) is 2.67. The van der Waals surface area contributed by atoms with Gasteiger partial charge in [-0.25, -0.2) is 0 Å². The number of nitrogens with zero attached hydrogens (tertiary/aromatic N) is 2. The summed E-state index contributed by atoms with van der Waals surface area (Å²) in [5.41, 5.74) is -0.107. The molecule has 0 bridgehead atoms. The highest BCUT2D eigenvalue weighted by Crippen LogP contribution is 2.18. The molecule has 1 aliphatic rings. The molecule has 6 heteroatoms. The van der Waals surface area contributed by atoms with E-state index in [-0.39, 0.29) is 24.8 Å². The largest absolute Gasteiger partial charge is 0.465 e. The second-order valence-electron chi connectivity index (χ2n) is 4.25. The maximum Gasteiger partial charge on any atom is 0.317 e. The van der Waals surface area contributed by atoms with Gasteiger partial charge >= 0.3 is 5.97 Å². The molecule has 1 aliphatic heterocycles. The Balaban J connectivity index is 2.66. The third kappa shape index (κ3) is 3.21. The predicted molar refractivity (Wildman–Crippen MR) is 65.4 cm³/mol. The van der Waals surface area contributed by atoms with Gasteiger partial charge in [0.25, 0.3) is 5.91 Å². The molecule has 0 aliphatic carbocycles. The fourth-order valence-corrected chi connectivity index (χ4v) is 1.99. The van der Waals surface area contributed by atoms with Crippen molar-refractivity contribution in [2.24, 2.45) is 11.1 Å². The molecule has 1 unspecified atom stereocenters. The van der Waals surface area contributed by atoms with E-state index in [4.69, 9.17) is 9.94 Å². The molecule has 0 aromatic heterocycles. The molecular formula is C12H20N2O4. The smallest absolute Gasteiger partial charge is 0.317 e. The van der Waals surface area contributed by atoms with Crippen molar-refractivity contribution in [2.75, 3.05) is 19.7 Å². The Labute approximate surface area is 107 Å². The third-order valence-electron chi connectivity index (χ3n) is 2.95. The van der Waals surface area contributed by atoms with Crippen LogP contribution in [0.4, 0.5) is 0 Å². The summed E-state index contributed by atoms with van der Waals surface area (Å²) >= 11 is 0. The molecule has 1 saturated heterocycles. The third-order valence-corrected chi connectivity index (χ3v) is 2.95. The molecule has 1 atom stereocenters. The van der Waals surface area contributed by atoms with Gasteiger partial charge in [0, 0.05) is 13.1 Å². The minimum absolute atomic E-state index is 0.107. The zero-order chi connectivity index (χ0) is 13.5. The first-order valence-electron chi connectivity index (χ1n) is 6.33. The molecule has 0 saturated carbocycles. The summed E-state index contributed by atoms with van der Waals surface area (Å²) in [6.07, 6.45) is 2.97. The van der Waals surface area contributed by atoms with E-state index in [1.54, 1.807) is 11.8 Å². The Morgan fingerprint density at radius 1 is 1.50 bits per heavy atom. The lowest BCUT2D eigenvalue weighted by Gasteiger charge is -2.14.